The average Bonchev–Trinajstić information content (AvgIpc) is 2.82. The van der Waals surface area contributed by atoms with Crippen molar-refractivity contribution in [2.45, 2.75) is 25.8 Å². The van der Waals surface area contributed by atoms with E-state index in [0.29, 0.717) is 6.42 Å². The molecule has 114 valence electrons. The molecule has 3 N–H and O–H groups in total. The van der Waals surface area contributed by atoms with Crippen LogP contribution in [0.5, 0.6) is 0 Å². The Bertz CT molecular complexity index is 616. The summed E-state index contributed by atoms with van der Waals surface area (Å²) in [6.45, 7) is 1.98. The number of benzene rings is 1. The SMILES string of the molecule is CCc1cc(CC(NN)c2cc(F)c(F)c(F)c2)n(C)n1. The number of hydrazine groups is 1. The fourth-order valence-electron chi connectivity index (χ4n) is 2.19. The van der Waals surface area contributed by atoms with Crippen LogP contribution in [0.15, 0.2) is 18.2 Å². The second-order valence-electron chi connectivity index (χ2n) is 4.83. The lowest BCUT2D eigenvalue weighted by molar-refractivity contribution is 0.438. The fraction of sp³-hybridized carbons (Fsp3) is 0.357. The predicted molar refractivity (Wildman–Crippen MR) is 72.7 cm³/mol. The number of rotatable bonds is 5. The highest BCUT2D eigenvalue weighted by Gasteiger charge is 2.18. The number of aryl methyl sites for hydroxylation is 2. The maximum atomic E-state index is 13.3. The molecule has 2 aromatic rings. The summed E-state index contributed by atoms with van der Waals surface area (Å²) in [6, 6.07) is 3.25. The number of halogens is 3. The smallest absolute Gasteiger partial charge is 0.194 e. The molecule has 7 heteroatoms. The van der Waals surface area contributed by atoms with E-state index in [1.807, 2.05) is 13.0 Å². The van der Waals surface area contributed by atoms with Crippen molar-refractivity contribution in [1.29, 1.82) is 0 Å². The van der Waals surface area contributed by atoms with Gasteiger partial charge in [0.25, 0.3) is 0 Å². The van der Waals surface area contributed by atoms with Gasteiger partial charge in [-0.1, -0.05) is 6.92 Å². The molecule has 0 saturated carbocycles. The van der Waals surface area contributed by atoms with Gasteiger partial charge in [0.2, 0.25) is 0 Å². The Hall–Kier alpha value is -1.86. The first-order valence-electron chi connectivity index (χ1n) is 6.58. The van der Waals surface area contributed by atoms with Crippen molar-refractivity contribution in [2.24, 2.45) is 12.9 Å². The molecule has 1 heterocycles. The molecule has 2 rings (SSSR count). The van der Waals surface area contributed by atoms with E-state index in [1.54, 1.807) is 11.7 Å². The lowest BCUT2D eigenvalue weighted by Crippen LogP contribution is -2.30. The minimum atomic E-state index is -1.48. The molecule has 0 fully saturated rings. The van der Waals surface area contributed by atoms with Gasteiger partial charge in [0.15, 0.2) is 17.5 Å². The Balaban J connectivity index is 2.29. The molecule has 0 aliphatic carbocycles. The molecule has 4 nitrogen and oxygen atoms in total. The van der Waals surface area contributed by atoms with Gasteiger partial charge in [-0.15, -0.1) is 0 Å². The minimum Gasteiger partial charge on any atom is -0.272 e. The molecule has 0 aliphatic rings. The number of hydrogen-bond donors (Lipinski definition) is 2. The third kappa shape index (κ3) is 3.25. The largest absolute Gasteiger partial charge is 0.272 e. The van der Waals surface area contributed by atoms with Gasteiger partial charge in [-0.2, -0.15) is 5.10 Å². The van der Waals surface area contributed by atoms with E-state index in [2.05, 4.69) is 10.5 Å². The van der Waals surface area contributed by atoms with Crippen LogP contribution in [0.3, 0.4) is 0 Å². The number of nitrogens with one attached hydrogen (secondary N) is 1. The molecule has 1 aromatic heterocycles. The zero-order valence-electron chi connectivity index (χ0n) is 11.8. The van der Waals surface area contributed by atoms with E-state index in [0.717, 1.165) is 29.9 Å². The molecule has 0 bridgehead atoms. The quantitative estimate of drug-likeness (QED) is 0.505. The molecule has 0 saturated heterocycles. The molecule has 21 heavy (non-hydrogen) atoms. The van der Waals surface area contributed by atoms with E-state index < -0.39 is 23.5 Å². The molecule has 1 aromatic carbocycles. The van der Waals surface area contributed by atoms with Crippen LogP contribution in [-0.4, -0.2) is 9.78 Å². The molecule has 1 atom stereocenters. The van der Waals surface area contributed by atoms with Gasteiger partial charge in [-0.05, 0) is 30.2 Å². The summed E-state index contributed by atoms with van der Waals surface area (Å²) in [6.07, 6.45) is 1.17. The second kappa shape index (κ2) is 6.28. The van der Waals surface area contributed by atoms with Crippen molar-refractivity contribution in [3.05, 3.63) is 52.6 Å². The second-order valence-corrected chi connectivity index (χ2v) is 4.83. The van der Waals surface area contributed by atoms with E-state index in [-0.39, 0.29) is 5.56 Å². The van der Waals surface area contributed by atoms with Crippen LogP contribution in [-0.2, 0) is 19.9 Å². The zero-order chi connectivity index (χ0) is 15.6. The summed E-state index contributed by atoms with van der Waals surface area (Å²) in [5.41, 5.74) is 4.52. The number of nitrogens with zero attached hydrogens (tertiary/aromatic N) is 2. The molecular weight excluding hydrogens is 281 g/mol. The first-order chi connectivity index (χ1) is 9.96. The highest BCUT2D eigenvalue weighted by Crippen LogP contribution is 2.22. The van der Waals surface area contributed by atoms with Crippen LogP contribution in [0.4, 0.5) is 13.2 Å². The van der Waals surface area contributed by atoms with E-state index in [9.17, 15) is 13.2 Å². The first kappa shape index (κ1) is 15.5. The van der Waals surface area contributed by atoms with Gasteiger partial charge < -0.3 is 0 Å². The predicted octanol–water partition coefficient (Wildman–Crippen LogP) is 2.15. The van der Waals surface area contributed by atoms with Crippen molar-refractivity contribution in [3.63, 3.8) is 0 Å². The van der Waals surface area contributed by atoms with Gasteiger partial charge in [-0.3, -0.25) is 16.0 Å². The van der Waals surface area contributed by atoms with Crippen LogP contribution in [0.1, 0.15) is 29.9 Å². The molecule has 0 aliphatic heterocycles. The first-order valence-corrected chi connectivity index (χ1v) is 6.58. The van der Waals surface area contributed by atoms with Crippen LogP contribution < -0.4 is 11.3 Å². The van der Waals surface area contributed by atoms with Crippen molar-refractivity contribution < 1.29 is 13.2 Å². The minimum absolute atomic E-state index is 0.244. The average molecular weight is 298 g/mol. The van der Waals surface area contributed by atoms with Gasteiger partial charge in [0.05, 0.1) is 11.7 Å². The molecule has 0 amide bonds. The van der Waals surface area contributed by atoms with Crippen LogP contribution >= 0.6 is 0 Å². The Morgan fingerprint density at radius 1 is 1.24 bits per heavy atom. The normalized spacial score (nSPS) is 12.7. The Morgan fingerprint density at radius 3 is 2.33 bits per heavy atom. The Kier molecular flexibility index (Phi) is 4.64. The summed E-state index contributed by atoms with van der Waals surface area (Å²) in [5.74, 6) is 1.51. The summed E-state index contributed by atoms with van der Waals surface area (Å²) in [5, 5.41) is 4.30. The van der Waals surface area contributed by atoms with Crippen molar-refractivity contribution in [2.75, 3.05) is 0 Å². The van der Waals surface area contributed by atoms with Crippen molar-refractivity contribution in [1.82, 2.24) is 15.2 Å². The Morgan fingerprint density at radius 2 is 1.86 bits per heavy atom. The van der Waals surface area contributed by atoms with Gasteiger partial charge >= 0.3 is 0 Å². The van der Waals surface area contributed by atoms with E-state index in [1.165, 1.54) is 0 Å². The number of hydrogen-bond acceptors (Lipinski definition) is 3. The fourth-order valence-corrected chi connectivity index (χ4v) is 2.19. The lowest BCUT2D eigenvalue weighted by Gasteiger charge is -2.17. The van der Waals surface area contributed by atoms with Crippen LogP contribution in [0.2, 0.25) is 0 Å². The summed E-state index contributed by atoms with van der Waals surface area (Å²) in [4.78, 5) is 0. The van der Waals surface area contributed by atoms with E-state index in [4.69, 9.17) is 5.84 Å². The highest BCUT2D eigenvalue weighted by molar-refractivity contribution is 5.24. The maximum absolute atomic E-state index is 13.3. The van der Waals surface area contributed by atoms with Gasteiger partial charge in [-0.25, -0.2) is 13.2 Å². The highest BCUT2D eigenvalue weighted by atomic mass is 19.2. The standard InChI is InChI=1S/C14H17F3N4/c1-3-9-6-10(21(2)20-9)7-13(19-18)8-4-11(15)14(17)12(16)5-8/h4-6,13,19H,3,7,18H2,1-2H3. The number of nitrogens with two attached hydrogens (primary N) is 1. The van der Waals surface area contributed by atoms with Crippen molar-refractivity contribution >= 4 is 0 Å². The lowest BCUT2D eigenvalue weighted by atomic mass is 10.0. The maximum Gasteiger partial charge on any atom is 0.194 e. The van der Waals surface area contributed by atoms with Gasteiger partial charge in [0.1, 0.15) is 0 Å². The topological polar surface area (TPSA) is 55.9 Å². The number of aromatic nitrogens is 2. The summed E-state index contributed by atoms with van der Waals surface area (Å²) < 4.78 is 41.3. The van der Waals surface area contributed by atoms with E-state index >= 15 is 0 Å². The molecule has 1 unspecified atom stereocenters. The third-order valence-corrected chi connectivity index (χ3v) is 3.41. The van der Waals surface area contributed by atoms with Crippen LogP contribution in [0, 0.1) is 17.5 Å². The Labute approximate surface area is 120 Å². The third-order valence-electron chi connectivity index (χ3n) is 3.41. The van der Waals surface area contributed by atoms with Gasteiger partial charge in [0, 0.05) is 19.2 Å². The summed E-state index contributed by atoms with van der Waals surface area (Å²) in [7, 11) is 1.79. The zero-order valence-corrected chi connectivity index (χ0v) is 11.8. The molecule has 0 spiro atoms. The molecule has 0 radical (unpaired) electrons. The molecular formula is C14H17F3N4. The van der Waals surface area contributed by atoms with Crippen LogP contribution in [0.25, 0.3) is 0 Å². The summed E-state index contributed by atoms with van der Waals surface area (Å²) >= 11 is 0. The van der Waals surface area contributed by atoms with Crippen molar-refractivity contribution in [3.8, 4) is 0 Å². The monoisotopic (exact) mass is 298 g/mol.